The second-order valence-electron chi connectivity index (χ2n) is 10.7. The first kappa shape index (κ1) is 18.0. The first-order valence-corrected chi connectivity index (χ1v) is 11.0. The summed E-state index contributed by atoms with van der Waals surface area (Å²) in [7, 11) is 0. The normalized spacial score (nSPS) is 55.2. The third-order valence-electron chi connectivity index (χ3n) is 9.80. The molecule has 0 spiro atoms. The van der Waals surface area contributed by atoms with Crippen LogP contribution in [-0.2, 0) is 4.79 Å². The minimum atomic E-state index is -0.438. The van der Waals surface area contributed by atoms with Crippen LogP contribution in [0.1, 0.15) is 91.9 Å². The van der Waals surface area contributed by atoms with Gasteiger partial charge in [-0.3, -0.25) is 4.79 Å². The average molecular weight is 347 g/mol. The lowest BCUT2D eigenvalue weighted by molar-refractivity contribution is -0.158. The van der Waals surface area contributed by atoms with Crippen molar-refractivity contribution >= 4 is 5.78 Å². The van der Waals surface area contributed by atoms with E-state index >= 15 is 0 Å². The molecule has 0 heterocycles. The summed E-state index contributed by atoms with van der Waals surface area (Å²) in [5.74, 6) is 3.93. The number of carbonyl (C=O) groups excluding carboxylic acids is 1. The number of aliphatic hydroxyl groups is 1. The SMILES string of the molecule is CC[C@]12CCC(C)(O)C[C@H]1CC[C@H]1[C@@H]3CC[C@H](C(C)=O)[C@@]3(C)CC[C@@H]12. The van der Waals surface area contributed by atoms with Crippen molar-refractivity contribution in [1.29, 1.82) is 0 Å². The predicted molar refractivity (Wildman–Crippen MR) is 101 cm³/mol. The molecular formula is C23H38O2. The molecule has 4 fully saturated rings. The zero-order valence-electron chi connectivity index (χ0n) is 16.8. The van der Waals surface area contributed by atoms with Gasteiger partial charge in [0, 0.05) is 5.92 Å². The highest BCUT2D eigenvalue weighted by Gasteiger charge is 2.62. The lowest BCUT2D eigenvalue weighted by atomic mass is 9.42. The van der Waals surface area contributed by atoms with Crippen LogP contribution in [0.25, 0.3) is 0 Å². The van der Waals surface area contributed by atoms with E-state index < -0.39 is 5.60 Å². The predicted octanol–water partition coefficient (Wildman–Crippen LogP) is 5.38. The van der Waals surface area contributed by atoms with Gasteiger partial charge in [-0.2, -0.15) is 0 Å². The average Bonchev–Trinajstić information content (AvgIpc) is 2.91. The molecule has 0 radical (unpaired) electrons. The van der Waals surface area contributed by atoms with Crippen LogP contribution in [0, 0.1) is 40.4 Å². The van der Waals surface area contributed by atoms with Crippen molar-refractivity contribution in [3.8, 4) is 0 Å². The molecule has 2 heteroatoms. The van der Waals surface area contributed by atoms with Crippen LogP contribution in [0.15, 0.2) is 0 Å². The molecule has 0 aromatic rings. The van der Waals surface area contributed by atoms with Gasteiger partial charge in [-0.1, -0.05) is 13.8 Å². The van der Waals surface area contributed by atoms with Crippen LogP contribution in [0.3, 0.4) is 0 Å². The van der Waals surface area contributed by atoms with E-state index in [9.17, 15) is 9.90 Å². The first-order chi connectivity index (χ1) is 11.7. The molecule has 0 saturated heterocycles. The van der Waals surface area contributed by atoms with E-state index in [1.807, 2.05) is 6.92 Å². The summed E-state index contributed by atoms with van der Waals surface area (Å²) in [4.78, 5) is 12.3. The molecule has 4 saturated carbocycles. The summed E-state index contributed by atoms with van der Waals surface area (Å²) in [6.45, 7) is 8.75. The van der Waals surface area contributed by atoms with Crippen LogP contribution in [0.5, 0.6) is 0 Å². The molecule has 0 amide bonds. The summed E-state index contributed by atoms with van der Waals surface area (Å²) < 4.78 is 0. The molecule has 8 atom stereocenters. The zero-order chi connectivity index (χ0) is 18.0. The van der Waals surface area contributed by atoms with Crippen molar-refractivity contribution in [2.75, 3.05) is 0 Å². The van der Waals surface area contributed by atoms with E-state index in [1.165, 1.54) is 44.9 Å². The van der Waals surface area contributed by atoms with Crippen molar-refractivity contribution in [3.05, 3.63) is 0 Å². The first-order valence-electron chi connectivity index (χ1n) is 11.0. The van der Waals surface area contributed by atoms with Gasteiger partial charge in [-0.15, -0.1) is 0 Å². The van der Waals surface area contributed by atoms with Crippen molar-refractivity contribution in [2.24, 2.45) is 40.4 Å². The molecule has 0 aromatic carbocycles. The molecule has 25 heavy (non-hydrogen) atoms. The number of rotatable bonds is 2. The van der Waals surface area contributed by atoms with Crippen LogP contribution in [0.4, 0.5) is 0 Å². The molecule has 1 N–H and O–H groups in total. The molecule has 2 nitrogen and oxygen atoms in total. The number of Topliss-reactive ketones (excluding diaryl/α,β-unsaturated/α-hetero) is 1. The van der Waals surface area contributed by atoms with Crippen LogP contribution >= 0.6 is 0 Å². The van der Waals surface area contributed by atoms with Gasteiger partial charge in [0.15, 0.2) is 0 Å². The number of ketones is 1. The largest absolute Gasteiger partial charge is 0.390 e. The summed E-state index contributed by atoms with van der Waals surface area (Å²) in [5, 5.41) is 10.7. The topological polar surface area (TPSA) is 37.3 Å². The monoisotopic (exact) mass is 346 g/mol. The second-order valence-corrected chi connectivity index (χ2v) is 10.7. The molecule has 0 bridgehead atoms. The van der Waals surface area contributed by atoms with Gasteiger partial charge in [0.25, 0.3) is 0 Å². The number of hydrogen-bond acceptors (Lipinski definition) is 2. The quantitative estimate of drug-likeness (QED) is 0.729. The molecule has 1 unspecified atom stereocenters. The van der Waals surface area contributed by atoms with E-state index in [2.05, 4.69) is 20.8 Å². The maximum Gasteiger partial charge on any atom is 0.133 e. The van der Waals surface area contributed by atoms with Crippen molar-refractivity contribution in [1.82, 2.24) is 0 Å². The summed E-state index contributed by atoms with van der Waals surface area (Å²) in [6, 6.07) is 0. The van der Waals surface area contributed by atoms with Gasteiger partial charge in [-0.25, -0.2) is 0 Å². The molecule has 0 aliphatic heterocycles. The number of carbonyl (C=O) groups is 1. The van der Waals surface area contributed by atoms with Gasteiger partial charge < -0.3 is 5.11 Å². The highest BCUT2D eigenvalue weighted by Crippen LogP contribution is 2.68. The van der Waals surface area contributed by atoms with Crippen LogP contribution in [0.2, 0.25) is 0 Å². The third kappa shape index (κ3) is 2.49. The Kier molecular flexibility index (Phi) is 4.19. The van der Waals surface area contributed by atoms with E-state index in [4.69, 9.17) is 0 Å². The van der Waals surface area contributed by atoms with Gasteiger partial charge in [0.05, 0.1) is 5.60 Å². The second kappa shape index (κ2) is 5.81. The molecule has 142 valence electrons. The summed E-state index contributed by atoms with van der Waals surface area (Å²) in [6.07, 6.45) is 12.2. The Hall–Kier alpha value is -0.370. The van der Waals surface area contributed by atoms with Crippen LogP contribution in [-0.4, -0.2) is 16.5 Å². The number of hydrogen-bond donors (Lipinski definition) is 1. The van der Waals surface area contributed by atoms with E-state index in [0.717, 1.165) is 42.9 Å². The fraction of sp³-hybridized carbons (Fsp3) is 0.957. The molecule has 0 aromatic heterocycles. The van der Waals surface area contributed by atoms with Gasteiger partial charge in [0.1, 0.15) is 5.78 Å². The Labute approximate surface area is 154 Å². The smallest absolute Gasteiger partial charge is 0.133 e. The van der Waals surface area contributed by atoms with E-state index in [1.54, 1.807) is 0 Å². The third-order valence-corrected chi connectivity index (χ3v) is 9.80. The number of fused-ring (bicyclic) bond motifs is 5. The molecule has 4 aliphatic carbocycles. The van der Waals surface area contributed by atoms with Crippen molar-refractivity contribution in [3.63, 3.8) is 0 Å². The fourth-order valence-corrected chi connectivity index (χ4v) is 8.61. The minimum Gasteiger partial charge on any atom is -0.390 e. The van der Waals surface area contributed by atoms with E-state index in [0.29, 0.717) is 17.1 Å². The zero-order valence-corrected chi connectivity index (χ0v) is 16.8. The lowest BCUT2D eigenvalue weighted by Crippen LogP contribution is -2.56. The van der Waals surface area contributed by atoms with Crippen LogP contribution < -0.4 is 0 Å². The van der Waals surface area contributed by atoms with Crippen molar-refractivity contribution < 1.29 is 9.90 Å². The maximum atomic E-state index is 12.3. The highest BCUT2D eigenvalue weighted by atomic mass is 16.3. The Balaban J connectivity index is 1.64. The highest BCUT2D eigenvalue weighted by molar-refractivity contribution is 5.79. The van der Waals surface area contributed by atoms with Crippen molar-refractivity contribution in [2.45, 2.75) is 97.5 Å². The lowest BCUT2D eigenvalue weighted by Gasteiger charge is -2.63. The fourth-order valence-electron chi connectivity index (χ4n) is 8.61. The Bertz CT molecular complexity index is 552. The molecule has 4 rings (SSSR count). The Morgan fingerprint density at radius 3 is 2.44 bits per heavy atom. The maximum absolute atomic E-state index is 12.3. The molecule has 4 aliphatic rings. The van der Waals surface area contributed by atoms with Gasteiger partial charge >= 0.3 is 0 Å². The molecular weight excluding hydrogens is 308 g/mol. The summed E-state index contributed by atoms with van der Waals surface area (Å²) in [5.41, 5.74) is 0.308. The summed E-state index contributed by atoms with van der Waals surface area (Å²) >= 11 is 0. The Morgan fingerprint density at radius 2 is 1.76 bits per heavy atom. The van der Waals surface area contributed by atoms with E-state index in [-0.39, 0.29) is 5.41 Å². The minimum absolute atomic E-state index is 0.273. The Morgan fingerprint density at radius 1 is 1.00 bits per heavy atom. The van der Waals surface area contributed by atoms with Gasteiger partial charge in [0.2, 0.25) is 0 Å². The van der Waals surface area contributed by atoms with Gasteiger partial charge in [-0.05, 0) is 113 Å². The standard InChI is InChI=1S/C23H38O2/c1-5-23-13-12-21(3,25)14-16(23)6-7-17-19-9-8-18(15(2)24)22(19,4)11-10-20(17)23/h16-20,25H,5-14H2,1-4H3/t16-,17+,18-,19+,20+,21?,22-,23+/m1/s1.